The van der Waals surface area contributed by atoms with Crippen molar-refractivity contribution in [2.75, 3.05) is 0 Å². The Hall–Kier alpha value is -3.06. The minimum Gasteiger partial charge on any atom is -0.461 e. The summed E-state index contributed by atoms with van der Waals surface area (Å²) < 4.78 is 38.1. The number of benzene rings is 2. The van der Waals surface area contributed by atoms with Crippen LogP contribution in [0.4, 0.5) is 0 Å². The maximum absolute atomic E-state index is 13.0. The third kappa shape index (κ3) is 4.72. The van der Waals surface area contributed by atoms with Gasteiger partial charge in [0, 0.05) is 18.5 Å². The molecule has 0 aliphatic carbocycles. The fraction of sp³-hybridized carbons (Fsp3) is 0.217. The summed E-state index contributed by atoms with van der Waals surface area (Å²) in [6, 6.07) is 19.9. The van der Waals surface area contributed by atoms with Gasteiger partial charge in [-0.2, -0.15) is 13.7 Å². The average molecular weight is 469 g/mol. The van der Waals surface area contributed by atoms with Gasteiger partial charge in [0.05, 0.1) is 16.9 Å². The lowest BCUT2D eigenvalue weighted by atomic mass is 10.1. The topological polar surface area (TPSA) is 112 Å². The highest BCUT2D eigenvalue weighted by atomic mass is 32.3. The van der Waals surface area contributed by atoms with Crippen LogP contribution >= 0.6 is 11.8 Å². The first kappa shape index (κ1) is 22.1. The highest BCUT2D eigenvalue weighted by Gasteiger charge is 2.46. The number of carbonyl (C=O) groups is 1. The molecule has 1 aliphatic rings. The van der Waals surface area contributed by atoms with E-state index in [9.17, 15) is 17.8 Å². The minimum atomic E-state index is -4.47. The predicted octanol–water partition coefficient (Wildman–Crippen LogP) is 3.98. The third-order valence-corrected chi connectivity index (χ3v) is 8.18. The second-order valence-corrected chi connectivity index (χ2v) is 10.6. The van der Waals surface area contributed by atoms with Crippen LogP contribution in [0.15, 0.2) is 65.1 Å². The van der Waals surface area contributed by atoms with Gasteiger partial charge in [-0.1, -0.05) is 29.8 Å². The molecular weight excluding hydrogens is 448 g/mol. The van der Waals surface area contributed by atoms with E-state index in [0.29, 0.717) is 17.1 Å². The number of aryl methyl sites for hydroxylation is 1. The number of nitrogens with zero attached hydrogens (tertiary/aromatic N) is 2. The highest BCUT2D eigenvalue weighted by Crippen LogP contribution is 2.38. The molecule has 2 atom stereocenters. The molecule has 2 unspecified atom stereocenters. The summed E-state index contributed by atoms with van der Waals surface area (Å²) in [6.07, 6.45) is 0.191. The summed E-state index contributed by atoms with van der Waals surface area (Å²) in [5.41, 5.74) is 3.16. The lowest BCUT2D eigenvalue weighted by Crippen LogP contribution is -2.38. The van der Waals surface area contributed by atoms with E-state index in [1.165, 1.54) is 4.90 Å². The molecule has 3 aromatic rings. The fourth-order valence-corrected chi connectivity index (χ4v) is 6.09. The second kappa shape index (κ2) is 8.82. The zero-order valence-electron chi connectivity index (χ0n) is 17.1. The smallest absolute Gasteiger partial charge is 0.296 e. The molecule has 0 spiro atoms. The monoisotopic (exact) mass is 468 g/mol. The van der Waals surface area contributed by atoms with Gasteiger partial charge in [0.2, 0.25) is 10.6 Å². The number of nitriles is 1. The van der Waals surface area contributed by atoms with E-state index in [1.807, 2.05) is 31.2 Å². The minimum absolute atomic E-state index is 0.0850. The lowest BCUT2D eigenvalue weighted by Gasteiger charge is -2.21. The van der Waals surface area contributed by atoms with Gasteiger partial charge in [-0.05, 0) is 48.9 Å². The summed E-state index contributed by atoms with van der Waals surface area (Å²) in [6.45, 7) is 2.02. The molecule has 4 rings (SSSR count). The molecule has 1 fully saturated rings. The van der Waals surface area contributed by atoms with E-state index in [0.717, 1.165) is 28.5 Å². The van der Waals surface area contributed by atoms with Crippen LogP contribution in [-0.2, 0) is 27.9 Å². The van der Waals surface area contributed by atoms with Crippen molar-refractivity contribution in [3.8, 4) is 17.4 Å². The first-order valence-electron chi connectivity index (χ1n) is 9.81. The molecule has 1 aromatic heterocycles. The first-order valence-corrected chi connectivity index (χ1v) is 12.3. The Kier molecular flexibility index (Phi) is 6.11. The molecule has 2 heterocycles. The van der Waals surface area contributed by atoms with Crippen LogP contribution < -0.4 is 0 Å². The summed E-state index contributed by atoms with van der Waals surface area (Å²) in [5, 5.41) is 8.22. The molecule has 0 saturated carbocycles. The van der Waals surface area contributed by atoms with Crippen molar-refractivity contribution in [2.24, 2.45) is 0 Å². The Morgan fingerprint density at radius 2 is 1.78 bits per heavy atom. The van der Waals surface area contributed by atoms with Crippen LogP contribution in [0.25, 0.3) is 11.3 Å². The number of hydrogen-bond acceptors (Lipinski definition) is 6. The zero-order valence-corrected chi connectivity index (χ0v) is 18.8. The maximum Gasteiger partial charge on any atom is 0.296 e. The average Bonchev–Trinajstić information content (AvgIpc) is 3.35. The van der Waals surface area contributed by atoms with Crippen molar-refractivity contribution < 1.29 is 22.2 Å². The summed E-state index contributed by atoms with van der Waals surface area (Å²) in [4.78, 5) is 14.2. The second-order valence-electron chi connectivity index (χ2n) is 7.56. The molecule has 1 amide bonds. The molecular formula is C23H20N2O5S2. The maximum atomic E-state index is 13.0. The Balaban J connectivity index is 1.52. The van der Waals surface area contributed by atoms with Gasteiger partial charge in [-0.3, -0.25) is 9.35 Å². The summed E-state index contributed by atoms with van der Waals surface area (Å²) in [5.74, 6) is 0.749. The molecule has 1 aliphatic heterocycles. The van der Waals surface area contributed by atoms with Crippen LogP contribution in [0.5, 0.6) is 0 Å². The number of hydrogen-bond donors (Lipinski definition) is 1. The summed E-state index contributed by atoms with van der Waals surface area (Å²) in [7, 11) is -4.47. The van der Waals surface area contributed by atoms with Crippen LogP contribution in [0, 0.1) is 18.3 Å². The van der Waals surface area contributed by atoms with E-state index in [-0.39, 0.29) is 18.9 Å². The molecule has 164 valence electrons. The SMILES string of the molecule is Cc1ccc(CN2C(=O)C(Cc3ccc(-c4ccc(C#N)cc4)o3)SC2S(=O)(=O)O)cc1. The predicted molar refractivity (Wildman–Crippen MR) is 121 cm³/mol. The molecule has 1 N–H and O–H groups in total. The number of furan rings is 1. The van der Waals surface area contributed by atoms with Crippen LogP contribution in [0.2, 0.25) is 0 Å². The molecule has 0 bridgehead atoms. The molecule has 1 saturated heterocycles. The normalized spacial score (nSPS) is 18.7. The number of thioether (sulfide) groups is 1. The van der Waals surface area contributed by atoms with Gasteiger partial charge in [0.15, 0.2) is 0 Å². The van der Waals surface area contributed by atoms with Crippen molar-refractivity contribution in [2.45, 2.75) is 29.8 Å². The van der Waals surface area contributed by atoms with Gasteiger partial charge in [-0.25, -0.2) is 0 Å². The lowest BCUT2D eigenvalue weighted by molar-refractivity contribution is -0.129. The fourth-order valence-electron chi connectivity index (χ4n) is 3.50. The molecule has 7 nitrogen and oxygen atoms in total. The largest absolute Gasteiger partial charge is 0.461 e. The van der Waals surface area contributed by atoms with Crippen molar-refractivity contribution in [3.63, 3.8) is 0 Å². The number of carbonyl (C=O) groups excluding carboxylic acids is 1. The van der Waals surface area contributed by atoms with E-state index in [4.69, 9.17) is 9.68 Å². The molecule has 9 heteroatoms. The Bertz CT molecular complexity index is 1280. The molecule has 2 aromatic carbocycles. The van der Waals surface area contributed by atoms with Crippen LogP contribution in [-0.4, -0.2) is 33.7 Å². The van der Waals surface area contributed by atoms with Crippen LogP contribution in [0.1, 0.15) is 22.5 Å². The highest BCUT2D eigenvalue weighted by molar-refractivity contribution is 8.12. The van der Waals surface area contributed by atoms with Gasteiger partial charge < -0.3 is 9.32 Å². The van der Waals surface area contributed by atoms with E-state index in [2.05, 4.69) is 6.07 Å². The van der Waals surface area contributed by atoms with Gasteiger partial charge in [0.25, 0.3) is 10.1 Å². The van der Waals surface area contributed by atoms with E-state index >= 15 is 0 Å². The zero-order chi connectivity index (χ0) is 22.9. The molecule has 0 radical (unpaired) electrons. The van der Waals surface area contributed by atoms with Gasteiger partial charge >= 0.3 is 0 Å². The quantitative estimate of drug-likeness (QED) is 0.545. The first-order chi connectivity index (χ1) is 15.2. The Morgan fingerprint density at radius 1 is 1.09 bits per heavy atom. The number of rotatable bonds is 6. The van der Waals surface area contributed by atoms with Crippen molar-refractivity contribution in [3.05, 3.63) is 83.1 Å². The standard InChI is InChI=1S/C23H20N2O5S2/c1-15-2-4-17(5-3-15)14-25-22(26)21(31-23(25)32(27,28)29)12-19-10-11-20(30-19)18-8-6-16(13-24)7-9-18/h2-11,21,23H,12,14H2,1H3,(H,27,28,29). The summed E-state index contributed by atoms with van der Waals surface area (Å²) >= 11 is 0.903. The van der Waals surface area contributed by atoms with E-state index in [1.54, 1.807) is 36.4 Å². The van der Waals surface area contributed by atoms with Crippen molar-refractivity contribution in [1.82, 2.24) is 4.90 Å². The van der Waals surface area contributed by atoms with Gasteiger partial charge in [-0.15, -0.1) is 11.8 Å². The van der Waals surface area contributed by atoms with Gasteiger partial charge in [0.1, 0.15) is 11.5 Å². The number of amides is 1. The van der Waals surface area contributed by atoms with Crippen molar-refractivity contribution in [1.29, 1.82) is 5.26 Å². The molecule has 32 heavy (non-hydrogen) atoms. The van der Waals surface area contributed by atoms with Crippen molar-refractivity contribution >= 4 is 27.8 Å². The van der Waals surface area contributed by atoms with E-state index < -0.39 is 20.1 Å². The Morgan fingerprint density at radius 3 is 2.41 bits per heavy atom. The van der Waals surface area contributed by atoms with Crippen LogP contribution in [0.3, 0.4) is 0 Å². The third-order valence-electron chi connectivity index (χ3n) is 5.17. The Labute approximate surface area is 190 Å².